The van der Waals surface area contributed by atoms with Crippen LogP contribution in [0.25, 0.3) is 0 Å². The molecule has 0 aliphatic heterocycles. The number of hydrogen-bond acceptors (Lipinski definition) is 4. The standard InChI is InChI=1S/C15H18N2O2/c1-3-5-12-6-8-14(9-7-12)17-11-13(10-16)15(18)19-4-2/h6-9,11,17H,3-5H2,1-2H3/b13-11+. The lowest BCUT2D eigenvalue weighted by atomic mass is 10.1. The molecule has 1 aromatic rings. The predicted molar refractivity (Wildman–Crippen MR) is 74.4 cm³/mol. The van der Waals surface area contributed by atoms with Crippen molar-refractivity contribution in [1.82, 2.24) is 0 Å². The van der Waals surface area contributed by atoms with Gasteiger partial charge in [0.25, 0.3) is 0 Å². The van der Waals surface area contributed by atoms with Gasteiger partial charge in [0.15, 0.2) is 5.57 Å². The van der Waals surface area contributed by atoms with Crippen LogP contribution in [-0.2, 0) is 16.0 Å². The van der Waals surface area contributed by atoms with Crippen LogP contribution < -0.4 is 5.32 Å². The minimum Gasteiger partial charge on any atom is -0.462 e. The number of aryl methyl sites for hydroxylation is 1. The van der Waals surface area contributed by atoms with Gasteiger partial charge in [-0.1, -0.05) is 25.5 Å². The molecule has 0 atom stereocenters. The number of ether oxygens (including phenoxy) is 1. The van der Waals surface area contributed by atoms with Crippen LogP contribution in [0.4, 0.5) is 5.69 Å². The summed E-state index contributed by atoms with van der Waals surface area (Å²) in [5.41, 5.74) is 2.05. The zero-order valence-electron chi connectivity index (χ0n) is 11.3. The number of nitrogens with one attached hydrogen (secondary N) is 1. The first kappa shape index (κ1) is 14.8. The Balaban J connectivity index is 2.68. The Morgan fingerprint density at radius 1 is 1.37 bits per heavy atom. The minimum absolute atomic E-state index is 0.0421. The van der Waals surface area contributed by atoms with Crippen LogP contribution in [0, 0.1) is 11.3 Å². The first-order valence-electron chi connectivity index (χ1n) is 6.34. The van der Waals surface area contributed by atoms with Gasteiger partial charge in [-0.3, -0.25) is 0 Å². The lowest BCUT2D eigenvalue weighted by molar-refractivity contribution is -0.138. The number of carbonyl (C=O) groups excluding carboxylic acids is 1. The first-order valence-corrected chi connectivity index (χ1v) is 6.34. The third-order valence-electron chi connectivity index (χ3n) is 2.49. The largest absolute Gasteiger partial charge is 0.462 e. The number of rotatable bonds is 6. The summed E-state index contributed by atoms with van der Waals surface area (Å²) in [6.07, 6.45) is 3.52. The highest BCUT2D eigenvalue weighted by atomic mass is 16.5. The van der Waals surface area contributed by atoms with Crippen molar-refractivity contribution in [3.05, 3.63) is 41.6 Å². The quantitative estimate of drug-likeness (QED) is 0.484. The van der Waals surface area contributed by atoms with E-state index in [0.29, 0.717) is 0 Å². The average Bonchev–Trinajstić information content (AvgIpc) is 2.42. The van der Waals surface area contributed by atoms with E-state index in [1.165, 1.54) is 11.8 Å². The molecule has 1 rings (SSSR count). The van der Waals surface area contributed by atoms with Gasteiger partial charge in [0.05, 0.1) is 6.61 Å². The van der Waals surface area contributed by atoms with Crippen molar-refractivity contribution < 1.29 is 9.53 Å². The van der Waals surface area contributed by atoms with Crippen LogP contribution in [0.15, 0.2) is 36.0 Å². The number of benzene rings is 1. The van der Waals surface area contributed by atoms with E-state index < -0.39 is 5.97 Å². The molecule has 0 aromatic heterocycles. The third kappa shape index (κ3) is 4.84. The molecule has 0 aliphatic carbocycles. The maximum atomic E-state index is 11.4. The number of esters is 1. The van der Waals surface area contributed by atoms with E-state index >= 15 is 0 Å². The molecule has 19 heavy (non-hydrogen) atoms. The summed E-state index contributed by atoms with van der Waals surface area (Å²) in [5, 5.41) is 11.8. The lowest BCUT2D eigenvalue weighted by Gasteiger charge is -2.04. The van der Waals surface area contributed by atoms with Crippen molar-refractivity contribution in [1.29, 1.82) is 5.26 Å². The molecule has 0 unspecified atom stereocenters. The van der Waals surface area contributed by atoms with Gasteiger partial charge in [-0.15, -0.1) is 0 Å². The van der Waals surface area contributed by atoms with Gasteiger partial charge in [0, 0.05) is 11.9 Å². The van der Waals surface area contributed by atoms with E-state index in [0.717, 1.165) is 18.5 Å². The van der Waals surface area contributed by atoms with Crippen LogP contribution >= 0.6 is 0 Å². The Kier molecular flexibility index (Phi) is 6.17. The number of carbonyl (C=O) groups is 1. The van der Waals surface area contributed by atoms with Crippen molar-refractivity contribution in [2.75, 3.05) is 11.9 Å². The zero-order chi connectivity index (χ0) is 14.1. The van der Waals surface area contributed by atoms with Gasteiger partial charge in [-0.25, -0.2) is 4.79 Å². The molecule has 1 N–H and O–H groups in total. The van der Waals surface area contributed by atoms with Crippen molar-refractivity contribution in [2.45, 2.75) is 26.7 Å². The molecule has 0 spiro atoms. The van der Waals surface area contributed by atoms with E-state index in [1.54, 1.807) is 6.92 Å². The SMILES string of the molecule is CCCc1ccc(N/C=C(\C#N)C(=O)OCC)cc1. The molecular formula is C15H18N2O2. The smallest absolute Gasteiger partial charge is 0.350 e. The summed E-state index contributed by atoms with van der Waals surface area (Å²) in [5.74, 6) is -0.611. The number of anilines is 1. The molecule has 4 heteroatoms. The van der Waals surface area contributed by atoms with Crippen LogP contribution in [0.2, 0.25) is 0 Å². The molecule has 0 saturated carbocycles. The maximum Gasteiger partial charge on any atom is 0.350 e. The van der Waals surface area contributed by atoms with Gasteiger partial charge >= 0.3 is 5.97 Å². The third-order valence-corrected chi connectivity index (χ3v) is 2.49. The van der Waals surface area contributed by atoms with Gasteiger partial charge in [0.1, 0.15) is 6.07 Å². The Morgan fingerprint density at radius 2 is 2.05 bits per heavy atom. The highest BCUT2D eigenvalue weighted by Crippen LogP contribution is 2.11. The molecule has 0 aliphatic rings. The second-order valence-electron chi connectivity index (χ2n) is 3.98. The summed E-state index contributed by atoms with van der Waals surface area (Å²) in [4.78, 5) is 11.4. The van der Waals surface area contributed by atoms with E-state index in [4.69, 9.17) is 10.00 Å². The summed E-state index contributed by atoms with van der Waals surface area (Å²) in [6.45, 7) is 4.09. The van der Waals surface area contributed by atoms with Gasteiger partial charge in [-0.2, -0.15) is 5.26 Å². The highest BCUT2D eigenvalue weighted by Gasteiger charge is 2.08. The second-order valence-corrected chi connectivity index (χ2v) is 3.98. The van der Waals surface area contributed by atoms with Crippen LogP contribution in [0.5, 0.6) is 0 Å². The minimum atomic E-state index is -0.611. The predicted octanol–water partition coefficient (Wildman–Crippen LogP) is 3.02. The fourth-order valence-corrected chi connectivity index (χ4v) is 1.56. The van der Waals surface area contributed by atoms with Crippen molar-refractivity contribution in [3.63, 3.8) is 0 Å². The molecule has 0 bridgehead atoms. The lowest BCUT2D eigenvalue weighted by Crippen LogP contribution is -2.07. The number of hydrogen-bond donors (Lipinski definition) is 1. The molecule has 0 radical (unpaired) electrons. The zero-order valence-corrected chi connectivity index (χ0v) is 11.3. The molecule has 0 amide bonds. The second kappa shape index (κ2) is 7.93. The van der Waals surface area contributed by atoms with E-state index in [2.05, 4.69) is 12.2 Å². The Labute approximate surface area is 113 Å². The van der Waals surface area contributed by atoms with Gasteiger partial charge in [0.2, 0.25) is 0 Å². The topological polar surface area (TPSA) is 62.1 Å². The summed E-state index contributed by atoms with van der Waals surface area (Å²) < 4.78 is 4.76. The van der Waals surface area contributed by atoms with E-state index in [9.17, 15) is 4.79 Å². The van der Waals surface area contributed by atoms with E-state index in [1.807, 2.05) is 30.3 Å². The van der Waals surface area contributed by atoms with Crippen LogP contribution in [0.3, 0.4) is 0 Å². The highest BCUT2D eigenvalue weighted by molar-refractivity contribution is 5.93. The maximum absolute atomic E-state index is 11.4. The van der Waals surface area contributed by atoms with Gasteiger partial charge in [-0.05, 0) is 31.0 Å². The summed E-state index contributed by atoms with van der Waals surface area (Å²) in [7, 11) is 0. The monoisotopic (exact) mass is 258 g/mol. The molecule has 100 valence electrons. The van der Waals surface area contributed by atoms with Crippen LogP contribution in [-0.4, -0.2) is 12.6 Å². The van der Waals surface area contributed by atoms with E-state index in [-0.39, 0.29) is 12.2 Å². The van der Waals surface area contributed by atoms with Crippen molar-refractivity contribution in [2.24, 2.45) is 0 Å². The summed E-state index contributed by atoms with van der Waals surface area (Å²) >= 11 is 0. The Bertz CT molecular complexity index is 484. The van der Waals surface area contributed by atoms with Crippen molar-refractivity contribution in [3.8, 4) is 6.07 Å². The normalized spacial score (nSPS) is 10.7. The molecule has 0 fully saturated rings. The fourth-order valence-electron chi connectivity index (χ4n) is 1.56. The summed E-state index contributed by atoms with van der Waals surface area (Å²) in [6, 6.07) is 9.70. The molecule has 1 aromatic carbocycles. The first-order chi connectivity index (χ1) is 9.21. The number of nitrogens with zero attached hydrogens (tertiary/aromatic N) is 1. The Morgan fingerprint density at radius 3 is 2.58 bits per heavy atom. The van der Waals surface area contributed by atoms with Gasteiger partial charge < -0.3 is 10.1 Å². The molecule has 0 heterocycles. The average molecular weight is 258 g/mol. The fraction of sp³-hybridized carbons (Fsp3) is 0.333. The Hall–Kier alpha value is -2.28. The van der Waals surface area contributed by atoms with Crippen molar-refractivity contribution >= 4 is 11.7 Å². The molecule has 0 saturated heterocycles. The molecular weight excluding hydrogens is 240 g/mol. The van der Waals surface area contributed by atoms with Crippen LogP contribution in [0.1, 0.15) is 25.8 Å². The number of nitriles is 1. The molecule has 4 nitrogen and oxygen atoms in total.